The Morgan fingerprint density at radius 1 is 1.33 bits per heavy atom. The highest BCUT2D eigenvalue weighted by Crippen LogP contribution is 2.12. The quantitative estimate of drug-likeness (QED) is 0.824. The fourth-order valence-corrected chi connectivity index (χ4v) is 1.39. The summed E-state index contributed by atoms with van der Waals surface area (Å²) in [6.45, 7) is 2.83. The lowest BCUT2D eigenvalue weighted by Gasteiger charge is -2.08. The van der Waals surface area contributed by atoms with Gasteiger partial charge >= 0.3 is 0 Å². The molecular weight excluding hydrogens is 188 g/mol. The van der Waals surface area contributed by atoms with E-state index in [-0.39, 0.29) is 0 Å². The van der Waals surface area contributed by atoms with E-state index < -0.39 is 0 Å². The maximum atomic E-state index is 4.08. The van der Waals surface area contributed by atoms with Crippen LogP contribution < -0.4 is 5.32 Å². The van der Waals surface area contributed by atoms with Gasteiger partial charge in [0.05, 0.1) is 30.5 Å². The molecule has 0 radical (unpaired) electrons. The zero-order valence-electron chi connectivity index (χ0n) is 8.94. The van der Waals surface area contributed by atoms with E-state index in [1.165, 1.54) is 5.56 Å². The van der Waals surface area contributed by atoms with Crippen molar-refractivity contribution < 1.29 is 0 Å². The third-order valence-corrected chi connectivity index (χ3v) is 2.42. The van der Waals surface area contributed by atoms with Crippen LogP contribution in [-0.2, 0) is 13.6 Å². The van der Waals surface area contributed by atoms with Crippen LogP contribution in [0.15, 0.2) is 31.0 Å². The number of hydrogen-bond acceptors (Lipinski definition) is 3. The predicted octanol–water partition coefficient (Wildman–Crippen LogP) is 1.74. The zero-order valence-corrected chi connectivity index (χ0v) is 8.94. The fourth-order valence-electron chi connectivity index (χ4n) is 1.39. The van der Waals surface area contributed by atoms with E-state index in [1.807, 2.05) is 30.1 Å². The molecule has 0 aromatic carbocycles. The minimum Gasteiger partial charge on any atom is -0.378 e. The van der Waals surface area contributed by atoms with Gasteiger partial charge in [0, 0.05) is 19.4 Å². The molecule has 0 fully saturated rings. The highest BCUT2D eigenvalue weighted by atomic mass is 15.0. The van der Waals surface area contributed by atoms with Crippen LogP contribution in [0, 0.1) is 6.92 Å². The third kappa shape index (κ3) is 2.15. The number of hydrogen-bond donors (Lipinski definition) is 1. The SMILES string of the molecule is Cc1ccncc1NCc1cncn1C. The van der Waals surface area contributed by atoms with Gasteiger partial charge in [-0.15, -0.1) is 0 Å². The van der Waals surface area contributed by atoms with Crippen LogP contribution in [0.4, 0.5) is 5.69 Å². The van der Waals surface area contributed by atoms with Gasteiger partial charge < -0.3 is 9.88 Å². The van der Waals surface area contributed by atoms with Gasteiger partial charge in [-0.3, -0.25) is 4.98 Å². The van der Waals surface area contributed by atoms with Crippen LogP contribution in [0.2, 0.25) is 0 Å². The summed E-state index contributed by atoms with van der Waals surface area (Å²) in [4.78, 5) is 8.15. The van der Waals surface area contributed by atoms with E-state index in [0.29, 0.717) is 0 Å². The maximum absolute atomic E-state index is 4.08. The second-order valence-corrected chi connectivity index (χ2v) is 3.54. The van der Waals surface area contributed by atoms with E-state index >= 15 is 0 Å². The zero-order chi connectivity index (χ0) is 10.7. The number of nitrogens with one attached hydrogen (secondary N) is 1. The molecule has 0 bridgehead atoms. The molecule has 0 saturated carbocycles. The first-order valence-corrected chi connectivity index (χ1v) is 4.87. The molecule has 2 aromatic rings. The number of pyridine rings is 1. The van der Waals surface area contributed by atoms with E-state index in [4.69, 9.17) is 0 Å². The Labute approximate surface area is 89.0 Å². The van der Waals surface area contributed by atoms with E-state index in [0.717, 1.165) is 17.9 Å². The van der Waals surface area contributed by atoms with Gasteiger partial charge in [0.15, 0.2) is 0 Å². The Kier molecular flexibility index (Phi) is 2.67. The highest BCUT2D eigenvalue weighted by molar-refractivity contribution is 5.47. The van der Waals surface area contributed by atoms with Crippen LogP contribution in [-0.4, -0.2) is 14.5 Å². The van der Waals surface area contributed by atoms with Crippen molar-refractivity contribution in [2.24, 2.45) is 7.05 Å². The molecule has 0 aliphatic rings. The van der Waals surface area contributed by atoms with Crippen molar-refractivity contribution in [2.75, 3.05) is 5.32 Å². The molecule has 4 heteroatoms. The molecule has 2 aromatic heterocycles. The Balaban J connectivity index is 2.06. The number of anilines is 1. The molecule has 1 N–H and O–H groups in total. The first kappa shape index (κ1) is 9.71. The Bertz CT molecular complexity index is 447. The van der Waals surface area contributed by atoms with Gasteiger partial charge in [0.1, 0.15) is 0 Å². The van der Waals surface area contributed by atoms with E-state index in [2.05, 4.69) is 22.2 Å². The van der Waals surface area contributed by atoms with Crippen LogP contribution in [0.1, 0.15) is 11.3 Å². The standard InChI is InChI=1S/C11H14N4/c1-9-3-4-12-7-11(9)14-6-10-5-13-8-15(10)2/h3-5,7-8,14H,6H2,1-2H3. The summed E-state index contributed by atoms with van der Waals surface area (Å²) in [6.07, 6.45) is 7.29. The van der Waals surface area contributed by atoms with Crippen LogP contribution >= 0.6 is 0 Å². The van der Waals surface area contributed by atoms with Gasteiger partial charge in [-0.2, -0.15) is 0 Å². The smallest absolute Gasteiger partial charge is 0.0946 e. The van der Waals surface area contributed by atoms with Crippen molar-refractivity contribution in [3.05, 3.63) is 42.2 Å². The Morgan fingerprint density at radius 2 is 2.20 bits per heavy atom. The lowest BCUT2D eigenvalue weighted by Crippen LogP contribution is -2.05. The highest BCUT2D eigenvalue weighted by Gasteiger charge is 2.00. The second kappa shape index (κ2) is 4.13. The molecule has 0 spiro atoms. The number of aromatic nitrogens is 3. The Morgan fingerprint density at radius 3 is 2.87 bits per heavy atom. The largest absolute Gasteiger partial charge is 0.378 e. The van der Waals surface area contributed by atoms with Crippen molar-refractivity contribution in [3.8, 4) is 0 Å². The van der Waals surface area contributed by atoms with Crippen molar-refractivity contribution in [1.82, 2.24) is 14.5 Å². The molecule has 4 nitrogen and oxygen atoms in total. The number of aryl methyl sites for hydroxylation is 2. The first-order valence-electron chi connectivity index (χ1n) is 4.87. The molecule has 0 unspecified atom stereocenters. The molecular formula is C11H14N4. The van der Waals surface area contributed by atoms with Gasteiger partial charge in [0.25, 0.3) is 0 Å². The van der Waals surface area contributed by atoms with E-state index in [9.17, 15) is 0 Å². The molecule has 0 aliphatic carbocycles. The molecule has 2 heterocycles. The fraction of sp³-hybridized carbons (Fsp3) is 0.273. The Hall–Kier alpha value is -1.84. The van der Waals surface area contributed by atoms with Crippen LogP contribution in [0.5, 0.6) is 0 Å². The van der Waals surface area contributed by atoms with Gasteiger partial charge in [-0.25, -0.2) is 4.98 Å². The van der Waals surface area contributed by atoms with E-state index in [1.54, 1.807) is 12.5 Å². The third-order valence-electron chi connectivity index (χ3n) is 2.42. The summed E-state index contributed by atoms with van der Waals surface area (Å²) in [5, 5.41) is 3.33. The number of imidazole rings is 1. The van der Waals surface area contributed by atoms with Crippen molar-refractivity contribution in [1.29, 1.82) is 0 Å². The summed E-state index contributed by atoms with van der Waals surface area (Å²) in [5.41, 5.74) is 3.42. The molecule has 0 saturated heterocycles. The number of rotatable bonds is 3. The molecule has 0 atom stereocenters. The monoisotopic (exact) mass is 202 g/mol. The van der Waals surface area contributed by atoms with Gasteiger partial charge in [-0.05, 0) is 18.6 Å². The topological polar surface area (TPSA) is 42.7 Å². The van der Waals surface area contributed by atoms with Gasteiger partial charge in [-0.1, -0.05) is 0 Å². The molecule has 0 aliphatic heterocycles. The van der Waals surface area contributed by atoms with Crippen molar-refractivity contribution in [3.63, 3.8) is 0 Å². The number of nitrogens with zero attached hydrogens (tertiary/aromatic N) is 3. The summed E-state index contributed by atoms with van der Waals surface area (Å²) in [6, 6.07) is 1.99. The maximum Gasteiger partial charge on any atom is 0.0946 e. The lowest BCUT2D eigenvalue weighted by molar-refractivity contribution is 0.837. The van der Waals surface area contributed by atoms with Crippen LogP contribution in [0.25, 0.3) is 0 Å². The summed E-state index contributed by atoms with van der Waals surface area (Å²) in [7, 11) is 1.99. The summed E-state index contributed by atoms with van der Waals surface area (Å²) >= 11 is 0. The first-order chi connectivity index (χ1) is 7.27. The normalized spacial score (nSPS) is 10.3. The average Bonchev–Trinajstić information content (AvgIpc) is 2.63. The van der Waals surface area contributed by atoms with Gasteiger partial charge in [0.2, 0.25) is 0 Å². The van der Waals surface area contributed by atoms with Crippen molar-refractivity contribution in [2.45, 2.75) is 13.5 Å². The summed E-state index contributed by atoms with van der Waals surface area (Å²) in [5.74, 6) is 0. The molecule has 2 rings (SSSR count). The minimum atomic E-state index is 0.767. The lowest BCUT2D eigenvalue weighted by atomic mass is 10.2. The van der Waals surface area contributed by atoms with Crippen LogP contribution in [0.3, 0.4) is 0 Å². The second-order valence-electron chi connectivity index (χ2n) is 3.54. The molecule has 0 amide bonds. The molecule has 15 heavy (non-hydrogen) atoms. The van der Waals surface area contributed by atoms with Crippen molar-refractivity contribution >= 4 is 5.69 Å². The summed E-state index contributed by atoms with van der Waals surface area (Å²) < 4.78 is 2.00. The predicted molar refractivity (Wildman–Crippen MR) is 59.5 cm³/mol. The average molecular weight is 202 g/mol. The molecule has 78 valence electrons. The minimum absolute atomic E-state index is 0.767.